The summed E-state index contributed by atoms with van der Waals surface area (Å²) in [6.07, 6.45) is 4.83. The molecule has 1 aliphatic heterocycles. The molecule has 28 heavy (non-hydrogen) atoms. The zero-order valence-corrected chi connectivity index (χ0v) is 15.8. The number of benzene rings is 2. The summed E-state index contributed by atoms with van der Waals surface area (Å²) >= 11 is 0. The van der Waals surface area contributed by atoms with E-state index in [2.05, 4.69) is 4.90 Å². The van der Waals surface area contributed by atoms with Crippen LogP contribution in [0.15, 0.2) is 51.9 Å². The second-order valence-electron chi connectivity index (χ2n) is 6.96. The molecule has 1 saturated heterocycles. The molecule has 3 aromatic rings. The first-order valence-electron chi connectivity index (χ1n) is 9.47. The van der Waals surface area contributed by atoms with Crippen LogP contribution < -0.4 is 14.9 Å². The van der Waals surface area contributed by atoms with Crippen LogP contribution in [-0.2, 0) is 6.54 Å². The summed E-state index contributed by atoms with van der Waals surface area (Å²) in [5.41, 5.74) is 0.760. The van der Waals surface area contributed by atoms with E-state index in [4.69, 9.17) is 13.9 Å². The van der Waals surface area contributed by atoms with Gasteiger partial charge >= 0.3 is 0 Å². The summed E-state index contributed by atoms with van der Waals surface area (Å²) in [5, 5.41) is 10.8. The van der Waals surface area contributed by atoms with Gasteiger partial charge in [0.15, 0.2) is 11.5 Å². The van der Waals surface area contributed by atoms with Gasteiger partial charge < -0.3 is 19.0 Å². The predicted octanol–water partition coefficient (Wildman–Crippen LogP) is 4.29. The van der Waals surface area contributed by atoms with E-state index in [0.29, 0.717) is 34.6 Å². The number of aromatic hydroxyl groups is 1. The smallest absolute Gasteiger partial charge is 0.235 e. The summed E-state index contributed by atoms with van der Waals surface area (Å²) in [6, 6.07) is 10.2. The molecule has 2 aromatic carbocycles. The van der Waals surface area contributed by atoms with Crippen LogP contribution in [0.5, 0.6) is 23.0 Å². The normalized spacial score (nSPS) is 14.9. The minimum Gasteiger partial charge on any atom is -0.507 e. The minimum absolute atomic E-state index is 0.0756. The fourth-order valence-corrected chi connectivity index (χ4v) is 3.62. The second kappa shape index (κ2) is 7.94. The van der Waals surface area contributed by atoms with Gasteiger partial charge in [0, 0.05) is 6.54 Å². The molecule has 0 spiro atoms. The molecule has 0 amide bonds. The number of phenolic OH excluding ortho intramolecular Hbond substituents is 1. The Balaban J connectivity index is 1.71. The molecule has 0 saturated carbocycles. The fourth-order valence-electron chi connectivity index (χ4n) is 3.62. The number of para-hydroxylation sites is 2. The Labute approximate surface area is 162 Å². The van der Waals surface area contributed by atoms with Crippen LogP contribution in [0.3, 0.4) is 0 Å². The molecule has 2 heterocycles. The van der Waals surface area contributed by atoms with Gasteiger partial charge in [-0.15, -0.1) is 0 Å². The van der Waals surface area contributed by atoms with Crippen molar-refractivity contribution in [2.24, 2.45) is 0 Å². The van der Waals surface area contributed by atoms with E-state index in [1.54, 1.807) is 37.4 Å². The zero-order valence-electron chi connectivity index (χ0n) is 15.8. The van der Waals surface area contributed by atoms with Gasteiger partial charge in [-0.25, -0.2) is 0 Å². The highest BCUT2D eigenvalue weighted by molar-refractivity contribution is 5.83. The molecular weight excluding hydrogens is 358 g/mol. The van der Waals surface area contributed by atoms with Gasteiger partial charge in [-0.05, 0) is 50.2 Å². The number of likely N-dealkylation sites (tertiary alicyclic amines) is 1. The van der Waals surface area contributed by atoms with Gasteiger partial charge in [0.1, 0.15) is 17.6 Å². The third kappa shape index (κ3) is 3.55. The summed E-state index contributed by atoms with van der Waals surface area (Å²) in [5.74, 6) is 1.17. The third-order valence-corrected chi connectivity index (χ3v) is 5.11. The maximum atomic E-state index is 13.0. The Hall–Kier alpha value is -2.99. The lowest BCUT2D eigenvalue weighted by molar-refractivity contribution is 0.218. The number of hydrogen-bond acceptors (Lipinski definition) is 6. The van der Waals surface area contributed by atoms with Gasteiger partial charge in [0.2, 0.25) is 11.2 Å². The Bertz CT molecular complexity index is 1040. The van der Waals surface area contributed by atoms with Crippen molar-refractivity contribution in [2.75, 3.05) is 20.2 Å². The summed E-state index contributed by atoms with van der Waals surface area (Å²) in [4.78, 5) is 15.2. The molecule has 0 radical (unpaired) electrons. The topological polar surface area (TPSA) is 72.1 Å². The molecule has 6 heteroatoms. The number of hydrogen-bond donors (Lipinski definition) is 1. The zero-order chi connectivity index (χ0) is 19.5. The van der Waals surface area contributed by atoms with Crippen molar-refractivity contribution in [3.05, 3.63) is 58.4 Å². The standard InChI is InChI=1S/C22H23NO5/c1-26-18-7-3-4-8-19(18)28-20-14-27-22-15(21(20)25)9-10-17(24)16(22)13-23-11-5-2-6-12-23/h3-4,7-10,14,24H,2,5-6,11-13H2,1H3. The van der Waals surface area contributed by atoms with Crippen molar-refractivity contribution in [3.63, 3.8) is 0 Å². The van der Waals surface area contributed by atoms with E-state index in [9.17, 15) is 9.90 Å². The number of piperidine rings is 1. The molecule has 4 rings (SSSR count). The number of nitrogens with zero attached hydrogens (tertiary/aromatic N) is 1. The van der Waals surface area contributed by atoms with Gasteiger partial charge in [0.05, 0.1) is 18.1 Å². The van der Waals surface area contributed by atoms with E-state index in [1.807, 2.05) is 6.07 Å². The third-order valence-electron chi connectivity index (χ3n) is 5.11. The number of fused-ring (bicyclic) bond motifs is 1. The van der Waals surface area contributed by atoms with Crippen LogP contribution in [0.1, 0.15) is 24.8 Å². The molecule has 1 aliphatic rings. The fraction of sp³-hybridized carbons (Fsp3) is 0.318. The number of ether oxygens (including phenoxy) is 2. The SMILES string of the molecule is COc1ccccc1Oc1coc2c(CN3CCCCC3)c(O)ccc2c1=O. The summed E-state index contributed by atoms with van der Waals surface area (Å²) in [6.45, 7) is 2.52. The van der Waals surface area contributed by atoms with E-state index in [1.165, 1.54) is 12.7 Å². The largest absolute Gasteiger partial charge is 0.507 e. The highest BCUT2D eigenvalue weighted by atomic mass is 16.5. The van der Waals surface area contributed by atoms with Gasteiger partial charge in [-0.3, -0.25) is 9.69 Å². The average Bonchev–Trinajstić information content (AvgIpc) is 2.73. The molecular formula is C22H23NO5. The van der Waals surface area contributed by atoms with Gasteiger partial charge in [0.25, 0.3) is 0 Å². The lowest BCUT2D eigenvalue weighted by atomic mass is 10.1. The van der Waals surface area contributed by atoms with E-state index in [0.717, 1.165) is 25.9 Å². The number of rotatable bonds is 5. The van der Waals surface area contributed by atoms with Crippen LogP contribution in [0.4, 0.5) is 0 Å². The maximum Gasteiger partial charge on any atom is 0.235 e. The molecule has 146 valence electrons. The first kappa shape index (κ1) is 18.4. The summed E-state index contributed by atoms with van der Waals surface area (Å²) in [7, 11) is 1.54. The van der Waals surface area contributed by atoms with Crippen molar-refractivity contribution in [1.29, 1.82) is 0 Å². The van der Waals surface area contributed by atoms with Crippen LogP contribution in [0.2, 0.25) is 0 Å². The molecule has 0 unspecified atom stereocenters. The molecule has 0 bridgehead atoms. The van der Waals surface area contributed by atoms with Gasteiger partial charge in [-0.1, -0.05) is 18.6 Å². The Morgan fingerprint density at radius 2 is 1.79 bits per heavy atom. The molecule has 1 N–H and O–H groups in total. The van der Waals surface area contributed by atoms with E-state index in [-0.39, 0.29) is 16.9 Å². The Morgan fingerprint density at radius 1 is 1.04 bits per heavy atom. The van der Waals surface area contributed by atoms with Crippen molar-refractivity contribution in [2.45, 2.75) is 25.8 Å². The van der Waals surface area contributed by atoms with E-state index < -0.39 is 0 Å². The van der Waals surface area contributed by atoms with Crippen molar-refractivity contribution >= 4 is 11.0 Å². The lowest BCUT2D eigenvalue weighted by Gasteiger charge is -2.26. The van der Waals surface area contributed by atoms with Crippen molar-refractivity contribution in [3.8, 4) is 23.0 Å². The van der Waals surface area contributed by atoms with Crippen LogP contribution >= 0.6 is 0 Å². The van der Waals surface area contributed by atoms with Gasteiger partial charge in [-0.2, -0.15) is 0 Å². The lowest BCUT2D eigenvalue weighted by Crippen LogP contribution is -2.29. The number of phenols is 1. The summed E-state index contributed by atoms with van der Waals surface area (Å²) < 4.78 is 16.8. The monoisotopic (exact) mass is 381 g/mol. The predicted molar refractivity (Wildman–Crippen MR) is 106 cm³/mol. The Kier molecular flexibility index (Phi) is 5.21. The van der Waals surface area contributed by atoms with Crippen LogP contribution in [-0.4, -0.2) is 30.2 Å². The highest BCUT2D eigenvalue weighted by Gasteiger charge is 2.19. The molecule has 1 fully saturated rings. The minimum atomic E-state index is -0.285. The number of methoxy groups -OCH3 is 1. The average molecular weight is 381 g/mol. The Morgan fingerprint density at radius 3 is 2.54 bits per heavy atom. The first-order chi connectivity index (χ1) is 13.7. The molecule has 0 atom stereocenters. The van der Waals surface area contributed by atoms with Crippen LogP contribution in [0.25, 0.3) is 11.0 Å². The molecule has 1 aromatic heterocycles. The van der Waals surface area contributed by atoms with Crippen molar-refractivity contribution in [1.82, 2.24) is 4.90 Å². The first-order valence-corrected chi connectivity index (χ1v) is 9.47. The van der Waals surface area contributed by atoms with Crippen LogP contribution in [0, 0.1) is 0 Å². The van der Waals surface area contributed by atoms with Crippen molar-refractivity contribution < 1.29 is 19.0 Å². The highest BCUT2D eigenvalue weighted by Crippen LogP contribution is 2.32. The second-order valence-corrected chi connectivity index (χ2v) is 6.96. The quantitative estimate of drug-likeness (QED) is 0.711. The van der Waals surface area contributed by atoms with E-state index >= 15 is 0 Å². The maximum absolute atomic E-state index is 13.0. The molecule has 0 aliphatic carbocycles. The molecule has 6 nitrogen and oxygen atoms in total.